The molecular weight excluding hydrogens is 418 g/mol. The van der Waals surface area contributed by atoms with Crippen LogP contribution < -0.4 is 9.47 Å². The number of rotatable bonds is 8. The van der Waals surface area contributed by atoms with Crippen molar-refractivity contribution in [1.29, 1.82) is 0 Å². The predicted octanol–water partition coefficient (Wildman–Crippen LogP) is 5.40. The van der Waals surface area contributed by atoms with Gasteiger partial charge in [-0.1, -0.05) is 32.3 Å². The van der Waals surface area contributed by atoms with Crippen molar-refractivity contribution in [3.05, 3.63) is 23.3 Å². The van der Waals surface area contributed by atoms with E-state index in [2.05, 4.69) is 6.07 Å². The number of hydrogen-bond donors (Lipinski definition) is 0. The highest BCUT2D eigenvalue weighted by Crippen LogP contribution is 2.42. The van der Waals surface area contributed by atoms with Crippen molar-refractivity contribution in [3.63, 3.8) is 0 Å². The van der Waals surface area contributed by atoms with Crippen molar-refractivity contribution in [2.45, 2.75) is 96.6 Å². The van der Waals surface area contributed by atoms with Gasteiger partial charge in [0.2, 0.25) is 5.91 Å². The minimum absolute atomic E-state index is 0.0549. The average molecular weight is 460 g/mol. The topological polar surface area (TPSA) is 65.1 Å². The molecule has 184 valence electrons. The summed E-state index contributed by atoms with van der Waals surface area (Å²) in [6.45, 7) is 6.50. The highest BCUT2D eigenvalue weighted by molar-refractivity contribution is 5.89. The Kier molecular flexibility index (Phi) is 9.04. The molecule has 0 N–H and O–H groups in total. The van der Waals surface area contributed by atoms with Crippen LogP contribution in [0.25, 0.3) is 0 Å². The summed E-state index contributed by atoms with van der Waals surface area (Å²) in [6.07, 6.45) is 8.70. The third-order valence-electron chi connectivity index (χ3n) is 7.38. The number of hydrogen-bond acceptors (Lipinski definition) is 5. The van der Waals surface area contributed by atoms with Crippen LogP contribution >= 0.6 is 0 Å². The molecule has 6 heteroatoms. The van der Waals surface area contributed by atoms with Gasteiger partial charge < -0.3 is 19.1 Å². The minimum atomic E-state index is -0.493. The van der Waals surface area contributed by atoms with Gasteiger partial charge in [0.15, 0.2) is 11.5 Å². The van der Waals surface area contributed by atoms with Gasteiger partial charge in [0.05, 0.1) is 26.2 Å². The average Bonchev–Trinajstić information content (AvgIpc) is 2.84. The summed E-state index contributed by atoms with van der Waals surface area (Å²) >= 11 is 0. The normalized spacial score (nSPS) is 21.2. The maximum absolute atomic E-state index is 14.2. The van der Waals surface area contributed by atoms with Gasteiger partial charge in [-0.15, -0.1) is 0 Å². The van der Waals surface area contributed by atoms with Crippen LogP contribution in [0, 0.1) is 12.8 Å². The standard InChI is InChI=1S/C27H41NO5/c1-6-19(3)33-27(30)22-14-10-11-15-28(22)26(29)24(20-12-8-7-9-13-20)21-16-18(2)25(32-5)23(17-21)31-4/h16-17,19-20,22,24H,6-15H2,1-5H3/t19-,22+,24+/m1/s1. The quantitative estimate of drug-likeness (QED) is 0.487. The maximum atomic E-state index is 14.2. The molecule has 1 saturated heterocycles. The highest BCUT2D eigenvalue weighted by atomic mass is 16.5. The Balaban J connectivity index is 1.97. The highest BCUT2D eigenvalue weighted by Gasteiger charge is 2.40. The van der Waals surface area contributed by atoms with Crippen LogP contribution in [0.4, 0.5) is 0 Å². The van der Waals surface area contributed by atoms with Crippen LogP contribution in [0.3, 0.4) is 0 Å². The summed E-state index contributed by atoms with van der Waals surface area (Å²) in [4.78, 5) is 29.0. The molecule has 33 heavy (non-hydrogen) atoms. The van der Waals surface area contributed by atoms with E-state index >= 15 is 0 Å². The lowest BCUT2D eigenvalue weighted by Crippen LogP contribution is -2.51. The number of carbonyl (C=O) groups is 2. The van der Waals surface area contributed by atoms with Gasteiger partial charge in [-0.05, 0) is 75.5 Å². The number of likely N-dealkylation sites (tertiary alicyclic amines) is 1. The number of aryl methyl sites for hydroxylation is 1. The molecule has 1 amide bonds. The molecule has 0 spiro atoms. The molecule has 6 nitrogen and oxygen atoms in total. The number of amides is 1. The van der Waals surface area contributed by atoms with Gasteiger partial charge >= 0.3 is 5.97 Å². The minimum Gasteiger partial charge on any atom is -0.493 e. The molecular formula is C27H41NO5. The molecule has 1 aromatic rings. The number of carbonyl (C=O) groups excluding carboxylic acids is 2. The number of ether oxygens (including phenoxy) is 3. The van der Waals surface area contributed by atoms with E-state index in [-0.39, 0.29) is 29.8 Å². The fourth-order valence-corrected chi connectivity index (χ4v) is 5.42. The zero-order valence-electron chi connectivity index (χ0n) is 21.0. The van der Waals surface area contributed by atoms with Crippen molar-refractivity contribution in [3.8, 4) is 11.5 Å². The summed E-state index contributed by atoms with van der Waals surface area (Å²) in [6, 6.07) is 3.53. The van der Waals surface area contributed by atoms with Crippen LogP contribution in [0.5, 0.6) is 11.5 Å². The number of benzene rings is 1. The monoisotopic (exact) mass is 459 g/mol. The Morgan fingerprint density at radius 1 is 1.03 bits per heavy atom. The van der Waals surface area contributed by atoms with Crippen LogP contribution in [-0.2, 0) is 14.3 Å². The van der Waals surface area contributed by atoms with Crippen molar-refractivity contribution in [2.75, 3.05) is 20.8 Å². The van der Waals surface area contributed by atoms with Gasteiger partial charge in [-0.25, -0.2) is 4.79 Å². The van der Waals surface area contributed by atoms with Crippen LogP contribution in [0.2, 0.25) is 0 Å². The fourth-order valence-electron chi connectivity index (χ4n) is 5.42. The zero-order chi connectivity index (χ0) is 24.0. The van der Waals surface area contributed by atoms with Gasteiger partial charge in [-0.3, -0.25) is 4.79 Å². The van der Waals surface area contributed by atoms with E-state index < -0.39 is 6.04 Å². The van der Waals surface area contributed by atoms with Crippen molar-refractivity contribution < 1.29 is 23.8 Å². The molecule has 1 aliphatic carbocycles. The molecule has 3 atom stereocenters. The largest absolute Gasteiger partial charge is 0.493 e. The second-order valence-electron chi connectivity index (χ2n) is 9.65. The molecule has 3 rings (SSSR count). The lowest BCUT2D eigenvalue weighted by molar-refractivity contribution is -0.161. The van der Waals surface area contributed by atoms with Gasteiger partial charge in [-0.2, -0.15) is 0 Å². The molecule has 1 aromatic carbocycles. The Bertz CT molecular complexity index is 817. The maximum Gasteiger partial charge on any atom is 0.329 e. The van der Waals surface area contributed by atoms with Crippen molar-refractivity contribution in [1.82, 2.24) is 4.90 Å². The molecule has 0 unspecified atom stereocenters. The molecule has 2 fully saturated rings. The van der Waals surface area contributed by atoms with Crippen LogP contribution in [-0.4, -0.2) is 49.7 Å². The lowest BCUT2D eigenvalue weighted by Gasteiger charge is -2.39. The first-order valence-corrected chi connectivity index (χ1v) is 12.6. The number of nitrogens with zero attached hydrogens (tertiary/aromatic N) is 1. The molecule has 1 aliphatic heterocycles. The SMILES string of the molecule is CC[C@@H](C)OC(=O)[C@@H]1CCCCN1C(=O)[C@H](c1cc(C)c(OC)c(OC)c1)C1CCCCC1. The van der Waals surface area contributed by atoms with E-state index in [9.17, 15) is 9.59 Å². The first-order chi connectivity index (χ1) is 15.9. The second kappa shape index (κ2) is 11.8. The number of methoxy groups -OCH3 is 2. The number of piperidine rings is 1. The third kappa shape index (κ3) is 5.82. The molecule has 0 bridgehead atoms. The van der Waals surface area contributed by atoms with E-state index in [1.807, 2.05) is 31.7 Å². The first kappa shape index (κ1) is 25.4. The van der Waals surface area contributed by atoms with Gasteiger partial charge in [0, 0.05) is 6.54 Å². The summed E-state index contributed by atoms with van der Waals surface area (Å²) in [7, 11) is 3.26. The molecule has 1 heterocycles. The fraction of sp³-hybridized carbons (Fsp3) is 0.704. The predicted molar refractivity (Wildman–Crippen MR) is 129 cm³/mol. The summed E-state index contributed by atoms with van der Waals surface area (Å²) in [5.74, 6) is 1.11. The Hall–Kier alpha value is -2.24. The Morgan fingerprint density at radius 2 is 1.73 bits per heavy atom. The Labute approximate surface area is 199 Å². The molecule has 1 saturated carbocycles. The summed E-state index contributed by atoms with van der Waals surface area (Å²) in [5, 5.41) is 0. The van der Waals surface area contributed by atoms with E-state index in [4.69, 9.17) is 14.2 Å². The summed E-state index contributed by atoms with van der Waals surface area (Å²) in [5.41, 5.74) is 1.91. The number of esters is 1. The summed E-state index contributed by atoms with van der Waals surface area (Å²) < 4.78 is 16.8. The molecule has 0 radical (unpaired) electrons. The van der Waals surface area contributed by atoms with Crippen molar-refractivity contribution >= 4 is 11.9 Å². The lowest BCUT2D eigenvalue weighted by atomic mass is 9.75. The zero-order valence-corrected chi connectivity index (χ0v) is 21.0. The Morgan fingerprint density at radius 3 is 2.36 bits per heavy atom. The smallest absolute Gasteiger partial charge is 0.329 e. The third-order valence-corrected chi connectivity index (χ3v) is 7.38. The van der Waals surface area contributed by atoms with Gasteiger partial charge in [0.1, 0.15) is 6.04 Å². The van der Waals surface area contributed by atoms with Crippen LogP contribution in [0.1, 0.15) is 88.7 Å². The van der Waals surface area contributed by atoms with Crippen LogP contribution in [0.15, 0.2) is 12.1 Å². The second-order valence-corrected chi connectivity index (χ2v) is 9.65. The van der Waals surface area contributed by atoms with E-state index in [1.54, 1.807) is 14.2 Å². The van der Waals surface area contributed by atoms with Gasteiger partial charge in [0.25, 0.3) is 0 Å². The first-order valence-electron chi connectivity index (χ1n) is 12.6. The van der Waals surface area contributed by atoms with Crippen molar-refractivity contribution in [2.24, 2.45) is 5.92 Å². The molecule has 2 aliphatic rings. The van der Waals surface area contributed by atoms with E-state index in [0.717, 1.165) is 56.1 Å². The molecule has 0 aromatic heterocycles. The van der Waals surface area contributed by atoms with E-state index in [0.29, 0.717) is 24.5 Å². The van der Waals surface area contributed by atoms with E-state index in [1.165, 1.54) is 6.42 Å².